The molecule has 2 rings (SSSR count). The normalized spacial score (nSPS) is 10.5. The second-order valence-corrected chi connectivity index (χ2v) is 4.15. The van der Waals surface area contributed by atoms with Crippen LogP contribution < -0.4 is 5.43 Å². The van der Waals surface area contributed by atoms with Crippen LogP contribution in [0.2, 0.25) is 0 Å². The van der Waals surface area contributed by atoms with Gasteiger partial charge in [0.25, 0.3) is 5.69 Å². The van der Waals surface area contributed by atoms with E-state index in [1.165, 1.54) is 48.7 Å². The van der Waals surface area contributed by atoms with Crippen molar-refractivity contribution >= 4 is 23.3 Å². The van der Waals surface area contributed by atoms with Crippen molar-refractivity contribution in [1.82, 2.24) is 0 Å². The molecule has 0 radical (unpaired) electrons. The maximum atomic E-state index is 10.7. The number of phenols is 1. The smallest absolute Gasteiger partial charge is 0.311 e. The Kier molecular flexibility index (Phi) is 4.27. The van der Waals surface area contributed by atoms with Gasteiger partial charge in [0, 0.05) is 23.8 Å². The Morgan fingerprint density at radius 1 is 1.05 bits per heavy atom. The first-order valence-electron chi connectivity index (χ1n) is 5.99. The fourth-order valence-corrected chi connectivity index (χ4v) is 1.63. The number of phenolic OH excluding ortho intramolecular Hbond substituents is 1. The zero-order valence-electron chi connectivity index (χ0n) is 11.0. The van der Waals surface area contributed by atoms with Crippen LogP contribution in [0, 0.1) is 20.2 Å². The molecule has 9 nitrogen and oxygen atoms in total. The van der Waals surface area contributed by atoms with E-state index in [4.69, 9.17) is 0 Å². The minimum atomic E-state index is -0.698. The Labute approximate surface area is 123 Å². The van der Waals surface area contributed by atoms with Crippen LogP contribution in [0.25, 0.3) is 0 Å². The summed E-state index contributed by atoms with van der Waals surface area (Å²) < 4.78 is 0. The van der Waals surface area contributed by atoms with Crippen LogP contribution in [-0.4, -0.2) is 21.2 Å². The number of hydrogen-bond donors (Lipinski definition) is 2. The van der Waals surface area contributed by atoms with Gasteiger partial charge in [-0.05, 0) is 18.2 Å². The third kappa shape index (κ3) is 3.33. The molecule has 0 aliphatic carbocycles. The molecular formula is C13H10N4O5. The minimum Gasteiger partial charge on any atom is -0.502 e. The van der Waals surface area contributed by atoms with Gasteiger partial charge >= 0.3 is 5.69 Å². The molecule has 0 aliphatic heterocycles. The number of nitro groups is 2. The summed E-state index contributed by atoms with van der Waals surface area (Å²) in [7, 11) is 0. The number of benzene rings is 2. The van der Waals surface area contributed by atoms with E-state index in [0.29, 0.717) is 5.69 Å². The fraction of sp³-hybridized carbons (Fsp3) is 0. The number of hydrogen-bond acceptors (Lipinski definition) is 7. The second-order valence-electron chi connectivity index (χ2n) is 4.15. The highest BCUT2D eigenvalue weighted by Crippen LogP contribution is 2.28. The van der Waals surface area contributed by atoms with Gasteiger partial charge in [-0.25, -0.2) is 0 Å². The van der Waals surface area contributed by atoms with Gasteiger partial charge in [0.2, 0.25) is 5.75 Å². The molecule has 2 aromatic carbocycles. The molecule has 0 aromatic heterocycles. The average molecular weight is 302 g/mol. The highest BCUT2D eigenvalue weighted by Gasteiger charge is 2.14. The molecule has 9 heteroatoms. The molecule has 0 unspecified atom stereocenters. The van der Waals surface area contributed by atoms with Crippen molar-refractivity contribution in [3.8, 4) is 5.75 Å². The number of para-hydroxylation sites is 1. The summed E-state index contributed by atoms with van der Waals surface area (Å²) in [6, 6.07) is 9.60. The van der Waals surface area contributed by atoms with Crippen molar-refractivity contribution in [2.45, 2.75) is 0 Å². The lowest BCUT2D eigenvalue weighted by molar-refractivity contribution is -0.385. The standard InChI is InChI=1S/C13H10N4O5/c18-13-9(2-1-3-12(13)17(21)22)8-14-15-10-4-6-11(7-5-10)16(19)20/h1-8,15,18H/b14-8+. The Balaban J connectivity index is 2.11. The van der Waals surface area contributed by atoms with E-state index in [9.17, 15) is 25.3 Å². The van der Waals surface area contributed by atoms with Gasteiger partial charge in [-0.15, -0.1) is 0 Å². The van der Waals surface area contributed by atoms with Gasteiger partial charge in [0.1, 0.15) is 0 Å². The van der Waals surface area contributed by atoms with Gasteiger partial charge in [-0.3, -0.25) is 25.7 Å². The van der Waals surface area contributed by atoms with Gasteiger partial charge in [0.05, 0.1) is 21.7 Å². The van der Waals surface area contributed by atoms with Crippen LogP contribution in [0.4, 0.5) is 17.1 Å². The average Bonchev–Trinajstić information content (AvgIpc) is 2.49. The van der Waals surface area contributed by atoms with E-state index in [1.807, 2.05) is 0 Å². The molecule has 112 valence electrons. The Morgan fingerprint density at radius 2 is 1.73 bits per heavy atom. The highest BCUT2D eigenvalue weighted by atomic mass is 16.6. The lowest BCUT2D eigenvalue weighted by atomic mass is 10.2. The third-order valence-corrected chi connectivity index (χ3v) is 2.72. The van der Waals surface area contributed by atoms with Gasteiger partial charge < -0.3 is 5.11 Å². The van der Waals surface area contributed by atoms with Crippen LogP contribution in [0.3, 0.4) is 0 Å². The molecular weight excluding hydrogens is 292 g/mol. The van der Waals surface area contributed by atoms with Crippen LogP contribution in [0.5, 0.6) is 5.75 Å². The molecule has 0 spiro atoms. The van der Waals surface area contributed by atoms with Crippen molar-refractivity contribution < 1.29 is 15.0 Å². The summed E-state index contributed by atoms with van der Waals surface area (Å²) in [5.74, 6) is -0.484. The minimum absolute atomic E-state index is 0.0501. The summed E-state index contributed by atoms with van der Waals surface area (Å²) in [5.41, 5.74) is 2.80. The maximum Gasteiger partial charge on any atom is 0.311 e. The first-order chi connectivity index (χ1) is 10.5. The molecule has 2 N–H and O–H groups in total. The third-order valence-electron chi connectivity index (χ3n) is 2.72. The SMILES string of the molecule is O=[N+]([O-])c1ccc(N/N=C/c2cccc([N+](=O)[O-])c2O)cc1. The number of nitro benzene ring substituents is 2. The lowest BCUT2D eigenvalue weighted by Gasteiger charge is -2.01. The van der Waals surface area contributed by atoms with Crippen molar-refractivity contribution in [2.24, 2.45) is 5.10 Å². The van der Waals surface area contributed by atoms with Gasteiger partial charge in [0.15, 0.2) is 0 Å². The Hall–Kier alpha value is -3.49. The molecule has 0 amide bonds. The summed E-state index contributed by atoms with van der Waals surface area (Å²) in [6.07, 6.45) is 1.21. The molecule has 0 atom stereocenters. The maximum absolute atomic E-state index is 10.7. The Bertz CT molecular complexity index is 743. The van der Waals surface area contributed by atoms with E-state index < -0.39 is 21.3 Å². The molecule has 0 fully saturated rings. The number of nitrogens with one attached hydrogen (secondary N) is 1. The molecule has 0 saturated carbocycles. The van der Waals surface area contributed by atoms with Crippen molar-refractivity contribution in [1.29, 1.82) is 0 Å². The van der Waals surface area contributed by atoms with Crippen molar-refractivity contribution in [3.05, 3.63) is 68.3 Å². The first kappa shape index (κ1) is 14.9. The largest absolute Gasteiger partial charge is 0.502 e. The molecule has 0 bridgehead atoms. The Morgan fingerprint density at radius 3 is 2.32 bits per heavy atom. The van der Waals surface area contributed by atoms with Crippen molar-refractivity contribution in [2.75, 3.05) is 5.43 Å². The van der Waals surface area contributed by atoms with Crippen molar-refractivity contribution in [3.63, 3.8) is 0 Å². The number of aromatic hydroxyl groups is 1. The van der Waals surface area contributed by atoms with E-state index in [1.54, 1.807) is 0 Å². The van der Waals surface area contributed by atoms with Crippen LogP contribution in [0.15, 0.2) is 47.6 Å². The molecule has 0 aliphatic rings. The van der Waals surface area contributed by atoms with Crippen LogP contribution in [0.1, 0.15) is 5.56 Å². The predicted octanol–water partition coefficient (Wildman–Crippen LogP) is 2.65. The lowest BCUT2D eigenvalue weighted by Crippen LogP contribution is -1.94. The monoisotopic (exact) mass is 302 g/mol. The summed E-state index contributed by atoms with van der Waals surface area (Å²) in [5, 5.41) is 34.7. The fourth-order valence-electron chi connectivity index (χ4n) is 1.63. The molecule has 22 heavy (non-hydrogen) atoms. The number of anilines is 1. The van der Waals surface area contributed by atoms with Crippen LogP contribution in [-0.2, 0) is 0 Å². The zero-order valence-corrected chi connectivity index (χ0v) is 11.0. The summed E-state index contributed by atoms with van der Waals surface area (Å²) in [6.45, 7) is 0. The van der Waals surface area contributed by atoms with E-state index in [-0.39, 0.29) is 11.3 Å². The number of non-ortho nitro benzene ring substituents is 1. The number of rotatable bonds is 5. The van der Waals surface area contributed by atoms with Gasteiger partial charge in [-0.2, -0.15) is 5.10 Å². The summed E-state index contributed by atoms with van der Waals surface area (Å²) >= 11 is 0. The first-order valence-corrected chi connectivity index (χ1v) is 5.99. The predicted molar refractivity (Wildman–Crippen MR) is 79.1 cm³/mol. The van der Waals surface area contributed by atoms with E-state index in [2.05, 4.69) is 10.5 Å². The zero-order chi connectivity index (χ0) is 16.1. The molecule has 0 heterocycles. The molecule has 0 saturated heterocycles. The topological polar surface area (TPSA) is 131 Å². The van der Waals surface area contributed by atoms with E-state index >= 15 is 0 Å². The number of hydrazone groups is 1. The second kappa shape index (κ2) is 6.31. The highest BCUT2D eigenvalue weighted by molar-refractivity contribution is 5.86. The van der Waals surface area contributed by atoms with Crippen LogP contribution >= 0.6 is 0 Å². The van der Waals surface area contributed by atoms with E-state index in [0.717, 1.165) is 0 Å². The summed E-state index contributed by atoms with van der Waals surface area (Å²) in [4.78, 5) is 20.0. The molecule has 2 aromatic rings. The quantitative estimate of drug-likeness (QED) is 0.496. The number of nitrogens with zero attached hydrogens (tertiary/aromatic N) is 3. The van der Waals surface area contributed by atoms with Gasteiger partial charge in [-0.1, -0.05) is 6.07 Å².